The molecular formula is C12H13F. The Kier molecular flexibility index (Phi) is 4.01. The summed E-state index contributed by atoms with van der Waals surface area (Å²) in [6.07, 6.45) is 12.0. The summed E-state index contributed by atoms with van der Waals surface area (Å²) < 4.78 is 13.3. The predicted molar refractivity (Wildman–Crippen MR) is 54.0 cm³/mol. The fourth-order valence-electron chi connectivity index (χ4n) is 1.07. The van der Waals surface area contributed by atoms with Crippen molar-refractivity contribution < 1.29 is 4.39 Å². The number of hydrogen-bond acceptors (Lipinski definition) is 0. The highest BCUT2D eigenvalue weighted by Gasteiger charge is 2.00. The van der Waals surface area contributed by atoms with Gasteiger partial charge in [0.25, 0.3) is 0 Å². The molecule has 0 radical (unpaired) electrons. The first-order valence-electron chi connectivity index (χ1n) is 4.41. The molecule has 0 heterocycles. The van der Waals surface area contributed by atoms with Crippen molar-refractivity contribution in [3.05, 3.63) is 53.6 Å². The van der Waals surface area contributed by atoms with E-state index in [4.69, 9.17) is 0 Å². The lowest BCUT2D eigenvalue weighted by molar-refractivity contribution is 0.606. The number of rotatable bonds is 2. The molecule has 0 amide bonds. The molecule has 0 aromatic rings. The lowest BCUT2D eigenvalue weighted by Crippen LogP contribution is -1.83. The van der Waals surface area contributed by atoms with E-state index in [0.29, 0.717) is 12.8 Å². The minimum atomic E-state index is -0.0602. The average molecular weight is 176 g/mol. The van der Waals surface area contributed by atoms with Crippen molar-refractivity contribution in [3.63, 3.8) is 0 Å². The van der Waals surface area contributed by atoms with Crippen molar-refractivity contribution in [2.45, 2.75) is 19.8 Å². The van der Waals surface area contributed by atoms with Crippen molar-refractivity contribution in [1.29, 1.82) is 0 Å². The average Bonchev–Trinajstić information content (AvgIpc) is 2.11. The molecule has 1 heteroatoms. The molecule has 0 aliphatic heterocycles. The van der Waals surface area contributed by atoms with Gasteiger partial charge in [0.15, 0.2) is 0 Å². The zero-order valence-corrected chi connectivity index (χ0v) is 7.76. The summed E-state index contributed by atoms with van der Waals surface area (Å²) >= 11 is 0. The zero-order chi connectivity index (χ0) is 9.52. The monoisotopic (exact) mass is 176 g/mol. The predicted octanol–water partition coefficient (Wildman–Crippen LogP) is 3.85. The third-order valence-electron chi connectivity index (χ3n) is 1.81. The van der Waals surface area contributed by atoms with Gasteiger partial charge in [-0.15, -0.1) is 5.73 Å². The smallest absolute Gasteiger partial charge is 0.108 e. The van der Waals surface area contributed by atoms with Gasteiger partial charge in [-0.3, -0.25) is 0 Å². The van der Waals surface area contributed by atoms with Crippen LogP contribution in [-0.2, 0) is 0 Å². The van der Waals surface area contributed by atoms with Gasteiger partial charge in [0, 0.05) is 6.42 Å². The Bertz CT molecular complexity index is 310. The largest absolute Gasteiger partial charge is 0.211 e. The van der Waals surface area contributed by atoms with Gasteiger partial charge in [-0.25, -0.2) is 4.39 Å². The topological polar surface area (TPSA) is 0 Å². The summed E-state index contributed by atoms with van der Waals surface area (Å²) in [7, 11) is 0. The van der Waals surface area contributed by atoms with Crippen molar-refractivity contribution in [2.24, 2.45) is 0 Å². The zero-order valence-electron chi connectivity index (χ0n) is 7.76. The highest BCUT2D eigenvalue weighted by Crippen LogP contribution is 2.17. The Morgan fingerprint density at radius 1 is 1.62 bits per heavy atom. The molecule has 0 spiro atoms. The van der Waals surface area contributed by atoms with Crippen LogP contribution in [0.15, 0.2) is 53.6 Å². The van der Waals surface area contributed by atoms with Crippen LogP contribution in [0.3, 0.4) is 0 Å². The van der Waals surface area contributed by atoms with Gasteiger partial charge in [-0.05, 0) is 31.1 Å². The Morgan fingerprint density at radius 2 is 2.46 bits per heavy atom. The van der Waals surface area contributed by atoms with Crippen LogP contribution in [0.1, 0.15) is 19.8 Å². The quantitative estimate of drug-likeness (QED) is 0.443. The van der Waals surface area contributed by atoms with Crippen molar-refractivity contribution in [1.82, 2.24) is 0 Å². The molecule has 13 heavy (non-hydrogen) atoms. The molecule has 1 rings (SSSR count). The fourth-order valence-corrected chi connectivity index (χ4v) is 1.07. The maximum absolute atomic E-state index is 13.3. The molecule has 0 saturated carbocycles. The van der Waals surface area contributed by atoms with Crippen molar-refractivity contribution >= 4 is 0 Å². The number of halogens is 1. The molecule has 0 saturated heterocycles. The first kappa shape index (κ1) is 9.76. The van der Waals surface area contributed by atoms with E-state index in [2.05, 4.69) is 5.73 Å². The van der Waals surface area contributed by atoms with Gasteiger partial charge in [0.05, 0.1) is 0 Å². The first-order valence-corrected chi connectivity index (χ1v) is 4.41. The molecule has 1 aliphatic carbocycles. The van der Waals surface area contributed by atoms with Gasteiger partial charge in [0.1, 0.15) is 5.83 Å². The fraction of sp³-hybridized carbons (Fsp3) is 0.250. The maximum atomic E-state index is 13.3. The van der Waals surface area contributed by atoms with Crippen molar-refractivity contribution in [2.75, 3.05) is 0 Å². The number of allylic oxidation sites excluding steroid dienone is 7. The lowest BCUT2D eigenvalue weighted by atomic mass is 10.1. The summed E-state index contributed by atoms with van der Waals surface area (Å²) in [5, 5.41) is 0. The number of hydrogen-bond donors (Lipinski definition) is 0. The molecule has 68 valence electrons. The Hall–Kier alpha value is -1.33. The van der Waals surface area contributed by atoms with E-state index >= 15 is 0 Å². The van der Waals surface area contributed by atoms with Gasteiger partial charge < -0.3 is 0 Å². The first-order chi connectivity index (χ1) is 6.34. The second kappa shape index (κ2) is 5.34. The summed E-state index contributed by atoms with van der Waals surface area (Å²) in [4.78, 5) is 0. The van der Waals surface area contributed by atoms with E-state index < -0.39 is 0 Å². The normalized spacial score (nSPS) is 24.8. The molecular weight excluding hydrogens is 163 g/mol. The molecule has 0 N–H and O–H groups in total. The summed E-state index contributed by atoms with van der Waals surface area (Å²) in [6.45, 7) is 1.93. The van der Waals surface area contributed by atoms with Crippen molar-refractivity contribution in [3.8, 4) is 0 Å². The Labute approximate surface area is 78.5 Å². The van der Waals surface area contributed by atoms with Gasteiger partial charge in [-0.1, -0.05) is 24.3 Å². The molecule has 1 aliphatic rings. The van der Waals surface area contributed by atoms with E-state index in [0.717, 1.165) is 5.57 Å². The van der Waals surface area contributed by atoms with Gasteiger partial charge in [0.2, 0.25) is 0 Å². The molecule has 0 atom stereocenters. The highest BCUT2D eigenvalue weighted by molar-refractivity contribution is 5.28. The van der Waals surface area contributed by atoms with E-state index in [1.807, 2.05) is 25.2 Å². The van der Waals surface area contributed by atoms with Crippen LogP contribution in [0.2, 0.25) is 0 Å². The van der Waals surface area contributed by atoms with Gasteiger partial charge in [-0.2, -0.15) is 0 Å². The maximum Gasteiger partial charge on any atom is 0.108 e. The summed E-state index contributed by atoms with van der Waals surface area (Å²) in [5.41, 5.74) is 3.63. The van der Waals surface area contributed by atoms with Crippen LogP contribution >= 0.6 is 0 Å². The minimum absolute atomic E-state index is 0.0602. The van der Waals surface area contributed by atoms with Crippen LogP contribution in [-0.4, -0.2) is 0 Å². The van der Waals surface area contributed by atoms with Crippen LogP contribution in [0.25, 0.3) is 0 Å². The second-order valence-electron chi connectivity index (χ2n) is 2.81. The standard InChI is InChI=1S/C12H13F/c1-2-3-8-11-9-6-4-5-7-10-12(11)13/h2-5,7,9H,8,10H2,1H3/b3-2+,7-5-,12-11+. The SMILES string of the molecule is C/C=C/C/C1=C(\F)C/C=C\C=C=C1. The van der Waals surface area contributed by atoms with Gasteiger partial charge >= 0.3 is 0 Å². The van der Waals surface area contributed by atoms with E-state index in [1.54, 1.807) is 18.2 Å². The Morgan fingerprint density at radius 3 is 3.23 bits per heavy atom. The second-order valence-corrected chi connectivity index (χ2v) is 2.81. The molecule has 0 unspecified atom stereocenters. The molecule has 0 aromatic carbocycles. The molecule has 0 fully saturated rings. The van der Waals surface area contributed by atoms with E-state index in [-0.39, 0.29) is 5.83 Å². The lowest BCUT2D eigenvalue weighted by Gasteiger charge is -2.00. The highest BCUT2D eigenvalue weighted by atomic mass is 19.1. The Balaban J connectivity index is 2.84. The third-order valence-corrected chi connectivity index (χ3v) is 1.81. The molecule has 0 bridgehead atoms. The van der Waals surface area contributed by atoms with Crippen LogP contribution in [0.4, 0.5) is 4.39 Å². The van der Waals surface area contributed by atoms with Crippen LogP contribution in [0, 0.1) is 0 Å². The minimum Gasteiger partial charge on any atom is -0.211 e. The van der Waals surface area contributed by atoms with Crippen LogP contribution in [0.5, 0.6) is 0 Å². The van der Waals surface area contributed by atoms with E-state index in [1.165, 1.54) is 0 Å². The molecule has 0 nitrogen and oxygen atoms in total. The summed E-state index contributed by atoms with van der Waals surface area (Å²) in [6, 6.07) is 0. The third kappa shape index (κ3) is 3.27. The van der Waals surface area contributed by atoms with E-state index in [9.17, 15) is 4.39 Å². The summed E-state index contributed by atoms with van der Waals surface area (Å²) in [5.74, 6) is -0.0602. The molecule has 0 aromatic heterocycles. The van der Waals surface area contributed by atoms with Crippen LogP contribution < -0.4 is 0 Å².